The normalized spacial score (nSPS) is 19.3. The van der Waals surface area contributed by atoms with Gasteiger partial charge in [-0.1, -0.05) is 37.1 Å². The first-order valence-electron chi connectivity index (χ1n) is 10.9. The minimum atomic E-state index is -0.565. The quantitative estimate of drug-likeness (QED) is 0.764. The predicted molar refractivity (Wildman–Crippen MR) is 114 cm³/mol. The number of hydrogen-bond acceptors (Lipinski definition) is 3. The number of amides is 1. The molecule has 1 saturated heterocycles. The van der Waals surface area contributed by atoms with E-state index in [1.165, 1.54) is 11.6 Å². The van der Waals surface area contributed by atoms with E-state index in [0.29, 0.717) is 12.1 Å². The Morgan fingerprint density at radius 1 is 1.00 bits per heavy atom. The van der Waals surface area contributed by atoms with E-state index in [-0.39, 0.29) is 11.7 Å². The Balaban J connectivity index is 1.45. The maximum absolute atomic E-state index is 13.9. The zero-order chi connectivity index (χ0) is 21.0. The first kappa shape index (κ1) is 20.6. The molecule has 30 heavy (non-hydrogen) atoms. The second-order valence-corrected chi connectivity index (χ2v) is 8.53. The molecule has 2 aromatic rings. The SMILES string of the molecule is N#Cc1ccc(CN2CCCN(C(=O)C3(c4cccc(F)c4)CCCC3)CC2)cc1. The molecule has 2 fully saturated rings. The van der Waals surface area contributed by atoms with Crippen molar-refractivity contribution >= 4 is 5.91 Å². The zero-order valence-corrected chi connectivity index (χ0v) is 17.3. The summed E-state index contributed by atoms with van der Waals surface area (Å²) in [5, 5.41) is 8.96. The summed E-state index contributed by atoms with van der Waals surface area (Å²) in [7, 11) is 0. The summed E-state index contributed by atoms with van der Waals surface area (Å²) >= 11 is 0. The van der Waals surface area contributed by atoms with Gasteiger partial charge < -0.3 is 4.90 Å². The van der Waals surface area contributed by atoms with Gasteiger partial charge in [-0.15, -0.1) is 0 Å². The van der Waals surface area contributed by atoms with Crippen molar-refractivity contribution in [1.29, 1.82) is 5.26 Å². The van der Waals surface area contributed by atoms with Crippen LogP contribution in [0.1, 0.15) is 48.8 Å². The van der Waals surface area contributed by atoms with Crippen molar-refractivity contribution in [2.24, 2.45) is 0 Å². The fourth-order valence-corrected chi connectivity index (χ4v) is 4.97. The van der Waals surface area contributed by atoms with Gasteiger partial charge in [0.2, 0.25) is 5.91 Å². The smallest absolute Gasteiger partial charge is 0.233 e. The first-order valence-corrected chi connectivity index (χ1v) is 10.9. The van der Waals surface area contributed by atoms with Gasteiger partial charge in [0.15, 0.2) is 0 Å². The van der Waals surface area contributed by atoms with Crippen molar-refractivity contribution in [2.45, 2.75) is 44.1 Å². The van der Waals surface area contributed by atoms with E-state index in [4.69, 9.17) is 5.26 Å². The van der Waals surface area contributed by atoms with Gasteiger partial charge in [0.1, 0.15) is 5.82 Å². The highest BCUT2D eigenvalue weighted by molar-refractivity contribution is 5.88. The molecule has 2 aromatic carbocycles. The largest absolute Gasteiger partial charge is 0.341 e. The lowest BCUT2D eigenvalue weighted by atomic mass is 9.77. The Morgan fingerprint density at radius 3 is 2.47 bits per heavy atom. The van der Waals surface area contributed by atoms with E-state index in [1.807, 2.05) is 35.2 Å². The molecular weight excluding hydrogens is 377 g/mol. The molecule has 2 aliphatic rings. The fourth-order valence-electron chi connectivity index (χ4n) is 4.97. The molecule has 4 nitrogen and oxygen atoms in total. The zero-order valence-electron chi connectivity index (χ0n) is 17.3. The summed E-state index contributed by atoms with van der Waals surface area (Å²) in [6, 6.07) is 16.5. The molecule has 0 bridgehead atoms. The summed E-state index contributed by atoms with van der Waals surface area (Å²) in [5.41, 5.74) is 2.12. The molecule has 0 radical (unpaired) electrons. The third-order valence-corrected chi connectivity index (χ3v) is 6.61. The molecule has 5 heteroatoms. The number of carbonyl (C=O) groups is 1. The summed E-state index contributed by atoms with van der Waals surface area (Å²) in [6.07, 6.45) is 4.57. The van der Waals surface area contributed by atoms with Crippen LogP contribution in [-0.2, 0) is 16.8 Å². The van der Waals surface area contributed by atoms with Gasteiger partial charge in [0.05, 0.1) is 17.0 Å². The van der Waals surface area contributed by atoms with E-state index in [1.54, 1.807) is 12.1 Å². The van der Waals surface area contributed by atoms with Crippen LogP contribution in [0.3, 0.4) is 0 Å². The second kappa shape index (κ2) is 8.97. The number of carbonyl (C=O) groups excluding carboxylic acids is 1. The van der Waals surface area contributed by atoms with Gasteiger partial charge >= 0.3 is 0 Å². The van der Waals surface area contributed by atoms with Crippen molar-refractivity contribution in [3.8, 4) is 6.07 Å². The van der Waals surface area contributed by atoms with Crippen molar-refractivity contribution in [1.82, 2.24) is 9.80 Å². The van der Waals surface area contributed by atoms with E-state index in [9.17, 15) is 9.18 Å². The number of rotatable bonds is 4. The minimum absolute atomic E-state index is 0.172. The van der Waals surface area contributed by atoms with Crippen LogP contribution in [-0.4, -0.2) is 41.9 Å². The summed E-state index contributed by atoms with van der Waals surface area (Å²) < 4.78 is 13.9. The Morgan fingerprint density at radius 2 is 1.77 bits per heavy atom. The van der Waals surface area contributed by atoms with Crippen LogP contribution < -0.4 is 0 Å². The van der Waals surface area contributed by atoms with Crippen LogP contribution >= 0.6 is 0 Å². The molecule has 1 aliphatic carbocycles. The number of hydrogen-bond donors (Lipinski definition) is 0. The first-order chi connectivity index (χ1) is 14.6. The maximum Gasteiger partial charge on any atom is 0.233 e. The van der Waals surface area contributed by atoms with Crippen LogP contribution in [0, 0.1) is 17.1 Å². The van der Waals surface area contributed by atoms with Gasteiger partial charge in [0.25, 0.3) is 0 Å². The summed E-state index contributed by atoms with van der Waals surface area (Å²) in [5.74, 6) is -0.0955. The number of halogens is 1. The van der Waals surface area contributed by atoms with Crippen LogP contribution in [0.15, 0.2) is 48.5 Å². The molecule has 0 unspecified atom stereocenters. The van der Waals surface area contributed by atoms with Crippen LogP contribution in [0.2, 0.25) is 0 Å². The van der Waals surface area contributed by atoms with Crippen molar-refractivity contribution < 1.29 is 9.18 Å². The topological polar surface area (TPSA) is 47.3 Å². The monoisotopic (exact) mass is 405 g/mol. The molecule has 0 spiro atoms. The third kappa shape index (κ3) is 4.24. The summed E-state index contributed by atoms with van der Waals surface area (Å²) in [6.45, 7) is 4.04. The molecule has 1 amide bonds. The lowest BCUT2D eigenvalue weighted by molar-refractivity contribution is -0.137. The van der Waals surface area contributed by atoms with E-state index >= 15 is 0 Å². The standard InChI is InChI=1S/C25H28FN3O/c26-23-6-3-5-22(17-23)25(11-1-2-12-25)24(30)29-14-4-13-28(15-16-29)19-21-9-7-20(18-27)8-10-21/h3,5-10,17H,1-2,4,11-16,19H2. The molecule has 1 heterocycles. The van der Waals surface area contributed by atoms with Crippen molar-refractivity contribution in [3.05, 3.63) is 71.0 Å². The number of nitrogens with zero attached hydrogens (tertiary/aromatic N) is 3. The molecule has 1 saturated carbocycles. The molecular formula is C25H28FN3O. The second-order valence-electron chi connectivity index (χ2n) is 8.53. The molecule has 1 aliphatic heterocycles. The molecule has 0 atom stereocenters. The lowest BCUT2D eigenvalue weighted by Gasteiger charge is -2.34. The Bertz CT molecular complexity index is 928. The van der Waals surface area contributed by atoms with E-state index in [2.05, 4.69) is 11.0 Å². The van der Waals surface area contributed by atoms with Crippen molar-refractivity contribution in [3.63, 3.8) is 0 Å². The molecule has 4 rings (SSSR count). The molecule has 156 valence electrons. The fraction of sp³-hybridized carbons (Fsp3) is 0.440. The van der Waals surface area contributed by atoms with Crippen LogP contribution in [0.4, 0.5) is 4.39 Å². The number of benzene rings is 2. The maximum atomic E-state index is 13.9. The Labute approximate surface area is 177 Å². The highest BCUT2D eigenvalue weighted by Gasteiger charge is 2.45. The molecule has 0 aromatic heterocycles. The number of nitriles is 1. The highest BCUT2D eigenvalue weighted by Crippen LogP contribution is 2.43. The summed E-state index contributed by atoms with van der Waals surface area (Å²) in [4.78, 5) is 18.1. The molecule has 0 N–H and O–H groups in total. The van der Waals surface area contributed by atoms with Crippen LogP contribution in [0.25, 0.3) is 0 Å². The Hall–Kier alpha value is -2.71. The minimum Gasteiger partial charge on any atom is -0.341 e. The van der Waals surface area contributed by atoms with E-state index < -0.39 is 5.41 Å². The van der Waals surface area contributed by atoms with Gasteiger partial charge in [-0.05, 0) is 54.7 Å². The van der Waals surface area contributed by atoms with Gasteiger partial charge in [0, 0.05) is 32.7 Å². The van der Waals surface area contributed by atoms with Gasteiger partial charge in [-0.25, -0.2) is 4.39 Å². The average Bonchev–Trinajstić information content (AvgIpc) is 3.16. The third-order valence-electron chi connectivity index (χ3n) is 6.61. The average molecular weight is 406 g/mol. The van der Waals surface area contributed by atoms with Gasteiger partial charge in [-0.3, -0.25) is 9.69 Å². The highest BCUT2D eigenvalue weighted by atomic mass is 19.1. The lowest BCUT2D eigenvalue weighted by Crippen LogP contribution is -2.47. The Kier molecular flexibility index (Phi) is 6.15. The van der Waals surface area contributed by atoms with E-state index in [0.717, 1.165) is 63.8 Å². The van der Waals surface area contributed by atoms with Gasteiger partial charge in [-0.2, -0.15) is 5.26 Å². The van der Waals surface area contributed by atoms with Crippen molar-refractivity contribution in [2.75, 3.05) is 26.2 Å². The predicted octanol–water partition coefficient (Wildman–Crippen LogP) is 4.24. The van der Waals surface area contributed by atoms with Crippen LogP contribution in [0.5, 0.6) is 0 Å².